The summed E-state index contributed by atoms with van der Waals surface area (Å²) in [6, 6.07) is 39.6. The monoisotopic (exact) mass is 529 g/mol. The van der Waals surface area contributed by atoms with Gasteiger partial charge in [0.25, 0.3) is 0 Å². The van der Waals surface area contributed by atoms with Gasteiger partial charge in [-0.2, -0.15) is 0 Å². The van der Waals surface area contributed by atoms with Crippen LogP contribution in [0.4, 0.5) is 0 Å². The summed E-state index contributed by atoms with van der Waals surface area (Å²) < 4.78 is 2.69. The first-order valence-corrected chi connectivity index (χ1v) is 14.6. The molecule has 40 heavy (non-hydrogen) atoms. The molecular formula is C38H27NS. The van der Waals surface area contributed by atoms with E-state index in [0.717, 1.165) is 5.69 Å². The van der Waals surface area contributed by atoms with Gasteiger partial charge >= 0.3 is 0 Å². The van der Waals surface area contributed by atoms with Crippen molar-refractivity contribution in [1.29, 1.82) is 0 Å². The van der Waals surface area contributed by atoms with Crippen molar-refractivity contribution in [3.63, 3.8) is 0 Å². The van der Waals surface area contributed by atoms with Crippen LogP contribution in [0.3, 0.4) is 0 Å². The Bertz CT molecular complexity index is 2130. The second-order valence-corrected chi connectivity index (χ2v) is 12.3. The molecule has 190 valence electrons. The van der Waals surface area contributed by atoms with E-state index < -0.39 is 0 Å². The second-order valence-electron chi connectivity index (χ2n) is 11.2. The minimum atomic E-state index is -0.207. The zero-order valence-electron chi connectivity index (χ0n) is 22.5. The normalized spacial score (nSPS) is 13.8. The number of fused-ring (bicyclic) bond motifs is 8. The van der Waals surface area contributed by atoms with Crippen LogP contribution in [-0.4, -0.2) is 4.98 Å². The first kappa shape index (κ1) is 23.4. The van der Waals surface area contributed by atoms with Gasteiger partial charge in [0.15, 0.2) is 0 Å². The molecule has 0 fully saturated rings. The average Bonchev–Trinajstić information content (AvgIpc) is 3.34. The molecule has 1 aliphatic carbocycles. The molecule has 1 aliphatic rings. The Morgan fingerprint density at radius 3 is 2.15 bits per heavy atom. The van der Waals surface area contributed by atoms with Gasteiger partial charge in [-0.3, -0.25) is 4.98 Å². The third-order valence-electron chi connectivity index (χ3n) is 8.58. The molecule has 2 heterocycles. The molecular weight excluding hydrogens is 502 g/mol. The van der Waals surface area contributed by atoms with Crippen LogP contribution < -0.4 is 0 Å². The Morgan fingerprint density at radius 1 is 0.575 bits per heavy atom. The Labute approximate surface area is 238 Å². The zero-order chi connectivity index (χ0) is 26.8. The third-order valence-corrected chi connectivity index (χ3v) is 9.71. The molecule has 2 heteroatoms. The predicted octanol–water partition coefficient (Wildman–Crippen LogP) is 10.7. The highest BCUT2D eigenvalue weighted by molar-refractivity contribution is 7.25. The second kappa shape index (κ2) is 8.74. The molecule has 0 radical (unpaired) electrons. The van der Waals surface area contributed by atoms with Crippen molar-refractivity contribution in [2.24, 2.45) is 0 Å². The molecule has 1 nitrogen and oxygen atoms in total. The van der Waals surface area contributed by atoms with Gasteiger partial charge in [0, 0.05) is 37.3 Å². The predicted molar refractivity (Wildman–Crippen MR) is 173 cm³/mol. The molecule has 0 saturated heterocycles. The van der Waals surface area contributed by atoms with Crippen molar-refractivity contribution >= 4 is 54.4 Å². The number of aromatic nitrogens is 1. The van der Waals surface area contributed by atoms with E-state index in [0.29, 0.717) is 0 Å². The highest BCUT2D eigenvalue weighted by atomic mass is 32.1. The Hall–Kier alpha value is -4.53. The fourth-order valence-electron chi connectivity index (χ4n) is 6.57. The van der Waals surface area contributed by atoms with Crippen molar-refractivity contribution in [2.75, 3.05) is 0 Å². The van der Waals surface area contributed by atoms with Crippen LogP contribution in [0.5, 0.6) is 0 Å². The number of benzene rings is 5. The molecule has 2 aromatic heterocycles. The van der Waals surface area contributed by atoms with Gasteiger partial charge < -0.3 is 0 Å². The number of hydrogen-bond acceptors (Lipinski definition) is 2. The standard InChI is InChI=1S/C38H27NS/c1-38(2)32-18-19-36-37(30-14-8-9-15-35(30)40-36)29(32)17-16-28-26-12-6-7-13-27(26)31(23-33(28)38)34-22-25(20-21-39-34)24-10-4-3-5-11-24/h3-23H,1-2H3. The summed E-state index contributed by atoms with van der Waals surface area (Å²) in [7, 11) is 0. The summed E-state index contributed by atoms with van der Waals surface area (Å²) >= 11 is 1.88. The summed E-state index contributed by atoms with van der Waals surface area (Å²) in [6.07, 6.45) is 6.66. The van der Waals surface area contributed by atoms with Crippen LogP contribution in [0.15, 0.2) is 115 Å². The van der Waals surface area contributed by atoms with E-state index in [2.05, 4.69) is 135 Å². The summed E-state index contributed by atoms with van der Waals surface area (Å²) in [5.74, 6) is 0. The van der Waals surface area contributed by atoms with E-state index in [9.17, 15) is 0 Å². The molecule has 0 N–H and O–H groups in total. The fourth-order valence-corrected chi connectivity index (χ4v) is 7.69. The third kappa shape index (κ3) is 3.43. The number of hydrogen-bond donors (Lipinski definition) is 0. The summed E-state index contributed by atoms with van der Waals surface area (Å²) in [4.78, 5) is 4.90. The van der Waals surface area contributed by atoms with Gasteiger partial charge in [-0.05, 0) is 74.5 Å². The Morgan fingerprint density at radius 2 is 1.30 bits per heavy atom. The fraction of sp³-hybridized carbons (Fsp3) is 0.0789. The molecule has 0 atom stereocenters. The lowest BCUT2D eigenvalue weighted by atomic mass is 9.73. The summed E-state index contributed by atoms with van der Waals surface area (Å²) in [5.41, 5.74) is 9.70. The quantitative estimate of drug-likeness (QED) is 0.217. The van der Waals surface area contributed by atoms with E-state index in [1.807, 2.05) is 17.5 Å². The molecule has 0 amide bonds. The van der Waals surface area contributed by atoms with Gasteiger partial charge in [-0.1, -0.05) is 105 Å². The van der Waals surface area contributed by atoms with E-state index in [1.165, 1.54) is 69.9 Å². The van der Waals surface area contributed by atoms with E-state index in [-0.39, 0.29) is 5.41 Å². The lowest BCUT2D eigenvalue weighted by molar-refractivity contribution is 0.642. The largest absolute Gasteiger partial charge is 0.256 e. The summed E-state index contributed by atoms with van der Waals surface area (Å²) in [6.45, 7) is 4.76. The topological polar surface area (TPSA) is 12.9 Å². The van der Waals surface area contributed by atoms with Gasteiger partial charge in [0.05, 0.1) is 5.69 Å². The lowest BCUT2D eigenvalue weighted by Gasteiger charge is -2.30. The average molecular weight is 530 g/mol. The van der Waals surface area contributed by atoms with Crippen molar-refractivity contribution in [2.45, 2.75) is 19.3 Å². The van der Waals surface area contributed by atoms with Crippen molar-refractivity contribution in [1.82, 2.24) is 4.98 Å². The van der Waals surface area contributed by atoms with E-state index in [4.69, 9.17) is 4.98 Å². The Kier molecular flexibility index (Phi) is 5.11. The summed E-state index contributed by atoms with van der Waals surface area (Å²) in [5, 5.41) is 5.22. The molecule has 0 bridgehead atoms. The highest BCUT2D eigenvalue weighted by Gasteiger charge is 2.32. The lowest BCUT2D eigenvalue weighted by Crippen LogP contribution is -2.21. The molecule has 7 aromatic rings. The smallest absolute Gasteiger partial charge is 0.0714 e. The maximum absolute atomic E-state index is 4.90. The van der Waals surface area contributed by atoms with Crippen LogP contribution >= 0.6 is 11.3 Å². The van der Waals surface area contributed by atoms with Gasteiger partial charge in [-0.25, -0.2) is 0 Å². The van der Waals surface area contributed by atoms with Crippen LogP contribution in [0.1, 0.15) is 36.1 Å². The zero-order valence-corrected chi connectivity index (χ0v) is 23.3. The number of nitrogens with zero attached hydrogens (tertiary/aromatic N) is 1. The van der Waals surface area contributed by atoms with E-state index >= 15 is 0 Å². The van der Waals surface area contributed by atoms with Crippen LogP contribution in [-0.2, 0) is 5.41 Å². The first-order valence-electron chi connectivity index (χ1n) is 13.8. The van der Waals surface area contributed by atoms with Gasteiger partial charge in [0.1, 0.15) is 0 Å². The Balaban J connectivity index is 1.41. The number of thiophene rings is 1. The van der Waals surface area contributed by atoms with E-state index in [1.54, 1.807) is 0 Å². The SMILES string of the molecule is CC1(C)c2cc(-c3cc(-c4ccccc4)ccn3)c3ccccc3c2C=Cc2c1ccc1sc3ccccc3c21. The van der Waals surface area contributed by atoms with Crippen LogP contribution in [0.2, 0.25) is 0 Å². The molecule has 0 spiro atoms. The van der Waals surface area contributed by atoms with Crippen LogP contribution in [0, 0.1) is 0 Å². The maximum Gasteiger partial charge on any atom is 0.0714 e. The molecule has 0 saturated carbocycles. The molecule has 8 rings (SSSR count). The van der Waals surface area contributed by atoms with Crippen molar-refractivity contribution in [3.8, 4) is 22.4 Å². The van der Waals surface area contributed by atoms with Gasteiger partial charge in [-0.15, -0.1) is 11.3 Å². The molecule has 5 aromatic carbocycles. The van der Waals surface area contributed by atoms with Crippen molar-refractivity contribution < 1.29 is 0 Å². The van der Waals surface area contributed by atoms with Crippen LogP contribution in [0.25, 0.3) is 65.5 Å². The van der Waals surface area contributed by atoms with Gasteiger partial charge in [0.2, 0.25) is 0 Å². The first-order chi connectivity index (χ1) is 19.6. The van der Waals surface area contributed by atoms with Crippen molar-refractivity contribution in [3.05, 3.63) is 138 Å². The molecule has 0 unspecified atom stereocenters. The highest BCUT2D eigenvalue weighted by Crippen LogP contribution is 2.48. The number of rotatable bonds is 2. The minimum Gasteiger partial charge on any atom is -0.256 e. The molecule has 0 aliphatic heterocycles. The maximum atomic E-state index is 4.90. The minimum absolute atomic E-state index is 0.207. The number of pyridine rings is 1.